The first-order valence-electron chi connectivity index (χ1n) is 7.26. The number of aryl methyl sites for hydroxylation is 1. The van der Waals surface area contributed by atoms with Gasteiger partial charge < -0.3 is 15.8 Å². The summed E-state index contributed by atoms with van der Waals surface area (Å²) in [4.78, 5) is 0. The zero-order valence-corrected chi connectivity index (χ0v) is 12.2. The molecule has 1 heterocycles. The van der Waals surface area contributed by atoms with Gasteiger partial charge in [-0.3, -0.25) is 0 Å². The van der Waals surface area contributed by atoms with Crippen LogP contribution in [0.4, 0.5) is 0 Å². The van der Waals surface area contributed by atoms with Crippen LogP contribution in [0.2, 0.25) is 0 Å². The monoisotopic (exact) mass is 262 g/mol. The number of nitrogens with two attached hydrogens (primary N) is 1. The highest BCUT2D eigenvalue weighted by atomic mass is 16.5. The lowest BCUT2D eigenvalue weighted by Crippen LogP contribution is -2.36. The van der Waals surface area contributed by atoms with E-state index in [2.05, 4.69) is 37.4 Å². The largest absolute Gasteiger partial charge is 0.493 e. The highest BCUT2D eigenvalue weighted by Gasteiger charge is 2.14. The summed E-state index contributed by atoms with van der Waals surface area (Å²) in [5, 5.41) is 3.49. The number of fused-ring (bicyclic) bond motifs is 1. The number of benzene rings is 1. The first-order valence-corrected chi connectivity index (χ1v) is 7.26. The van der Waals surface area contributed by atoms with Crippen LogP contribution in [0.3, 0.4) is 0 Å². The van der Waals surface area contributed by atoms with Gasteiger partial charge in [-0.2, -0.15) is 0 Å². The second kappa shape index (κ2) is 6.40. The lowest BCUT2D eigenvalue weighted by molar-refractivity contribution is 0.288. The van der Waals surface area contributed by atoms with Gasteiger partial charge in [0.15, 0.2) is 0 Å². The van der Waals surface area contributed by atoms with E-state index >= 15 is 0 Å². The molecule has 0 spiro atoms. The van der Waals surface area contributed by atoms with Crippen LogP contribution in [0.1, 0.15) is 31.4 Å². The van der Waals surface area contributed by atoms with Gasteiger partial charge in [-0.1, -0.05) is 26.0 Å². The Morgan fingerprint density at radius 1 is 1.37 bits per heavy atom. The fourth-order valence-corrected chi connectivity index (χ4v) is 2.30. The number of ether oxygens (including phenoxy) is 1. The minimum Gasteiger partial charge on any atom is -0.493 e. The van der Waals surface area contributed by atoms with Gasteiger partial charge in [0.25, 0.3) is 0 Å². The second-order valence-corrected chi connectivity index (χ2v) is 6.19. The molecule has 3 heteroatoms. The Morgan fingerprint density at radius 2 is 2.21 bits per heavy atom. The van der Waals surface area contributed by atoms with Gasteiger partial charge in [-0.25, -0.2) is 0 Å². The molecule has 0 atom stereocenters. The minimum atomic E-state index is 0.184. The van der Waals surface area contributed by atoms with Gasteiger partial charge in [-0.05, 0) is 55.0 Å². The lowest BCUT2D eigenvalue weighted by Gasteiger charge is -2.23. The summed E-state index contributed by atoms with van der Waals surface area (Å²) in [6.07, 6.45) is 3.35. The third kappa shape index (κ3) is 4.22. The molecule has 3 N–H and O–H groups in total. The van der Waals surface area contributed by atoms with Crippen LogP contribution in [0.25, 0.3) is 0 Å². The predicted octanol–water partition coefficient (Wildman–Crippen LogP) is 2.13. The first-order chi connectivity index (χ1) is 9.11. The Hall–Kier alpha value is -1.06. The number of hydrogen-bond donors (Lipinski definition) is 2. The topological polar surface area (TPSA) is 47.3 Å². The Kier molecular flexibility index (Phi) is 4.83. The van der Waals surface area contributed by atoms with Gasteiger partial charge in [0.1, 0.15) is 5.75 Å². The first kappa shape index (κ1) is 14.4. The van der Waals surface area contributed by atoms with Crippen LogP contribution in [0.5, 0.6) is 5.75 Å². The molecule has 19 heavy (non-hydrogen) atoms. The van der Waals surface area contributed by atoms with Crippen LogP contribution in [0.15, 0.2) is 18.2 Å². The molecule has 0 aliphatic carbocycles. The predicted molar refractivity (Wildman–Crippen MR) is 79.7 cm³/mol. The summed E-state index contributed by atoms with van der Waals surface area (Å²) < 4.78 is 5.63. The van der Waals surface area contributed by atoms with Gasteiger partial charge in [-0.15, -0.1) is 0 Å². The molecule has 0 saturated carbocycles. The summed E-state index contributed by atoms with van der Waals surface area (Å²) in [5.41, 5.74) is 8.66. The maximum Gasteiger partial charge on any atom is 0.122 e. The average Bonchev–Trinajstić information content (AvgIpc) is 2.43. The van der Waals surface area contributed by atoms with Crippen molar-refractivity contribution in [1.29, 1.82) is 0 Å². The van der Waals surface area contributed by atoms with Gasteiger partial charge in [0, 0.05) is 6.54 Å². The maximum absolute atomic E-state index is 5.72. The second-order valence-electron chi connectivity index (χ2n) is 6.19. The molecule has 0 saturated heterocycles. The third-order valence-corrected chi connectivity index (χ3v) is 3.72. The molecular formula is C16H26N2O. The van der Waals surface area contributed by atoms with E-state index in [1.807, 2.05) is 0 Å². The molecule has 2 rings (SSSR count). The van der Waals surface area contributed by atoms with Gasteiger partial charge in [0.05, 0.1) is 6.61 Å². The number of hydrogen-bond acceptors (Lipinski definition) is 3. The Balaban J connectivity index is 1.80. The van der Waals surface area contributed by atoms with Crippen LogP contribution in [-0.4, -0.2) is 26.2 Å². The Bertz CT molecular complexity index is 415. The third-order valence-electron chi connectivity index (χ3n) is 3.72. The molecule has 0 fully saturated rings. The molecule has 0 bridgehead atoms. The molecule has 1 aliphatic heterocycles. The smallest absolute Gasteiger partial charge is 0.122 e. The van der Waals surface area contributed by atoms with E-state index in [1.165, 1.54) is 11.1 Å². The standard InChI is InChI=1S/C16H26N2O/c1-16(2,11-17)12-18-8-7-13-5-6-15-14(10-13)4-3-9-19-15/h5-6,10,18H,3-4,7-9,11-12,17H2,1-2H3. The average molecular weight is 262 g/mol. The zero-order valence-electron chi connectivity index (χ0n) is 12.2. The van der Waals surface area contributed by atoms with Crippen molar-refractivity contribution in [1.82, 2.24) is 5.32 Å². The van der Waals surface area contributed by atoms with Crippen LogP contribution in [-0.2, 0) is 12.8 Å². The van der Waals surface area contributed by atoms with E-state index in [-0.39, 0.29) is 5.41 Å². The van der Waals surface area contributed by atoms with Crippen molar-refractivity contribution >= 4 is 0 Å². The van der Waals surface area contributed by atoms with E-state index in [4.69, 9.17) is 10.5 Å². The van der Waals surface area contributed by atoms with Crippen molar-refractivity contribution in [3.05, 3.63) is 29.3 Å². The summed E-state index contributed by atoms with van der Waals surface area (Å²) >= 11 is 0. The fraction of sp³-hybridized carbons (Fsp3) is 0.625. The molecule has 0 radical (unpaired) electrons. The fourth-order valence-electron chi connectivity index (χ4n) is 2.30. The molecule has 1 aromatic carbocycles. The molecule has 0 aromatic heterocycles. The summed E-state index contributed by atoms with van der Waals surface area (Å²) in [6, 6.07) is 6.60. The molecule has 0 amide bonds. The van der Waals surface area contributed by atoms with Crippen molar-refractivity contribution in [2.45, 2.75) is 33.1 Å². The quantitative estimate of drug-likeness (QED) is 0.772. The maximum atomic E-state index is 5.72. The zero-order chi connectivity index (χ0) is 13.7. The van der Waals surface area contributed by atoms with Crippen molar-refractivity contribution in [2.24, 2.45) is 11.1 Å². The molecular weight excluding hydrogens is 236 g/mol. The highest BCUT2D eigenvalue weighted by Crippen LogP contribution is 2.25. The molecule has 0 unspecified atom stereocenters. The van der Waals surface area contributed by atoms with Gasteiger partial charge in [0.2, 0.25) is 0 Å². The van der Waals surface area contributed by atoms with Crippen LogP contribution < -0.4 is 15.8 Å². The Morgan fingerprint density at radius 3 is 3.00 bits per heavy atom. The number of rotatable bonds is 6. The molecule has 106 valence electrons. The van der Waals surface area contributed by atoms with Crippen molar-refractivity contribution in [3.8, 4) is 5.75 Å². The highest BCUT2D eigenvalue weighted by molar-refractivity contribution is 5.38. The van der Waals surface area contributed by atoms with Crippen molar-refractivity contribution in [2.75, 3.05) is 26.2 Å². The molecule has 1 aliphatic rings. The van der Waals surface area contributed by atoms with Crippen molar-refractivity contribution < 1.29 is 4.74 Å². The molecule has 3 nitrogen and oxygen atoms in total. The lowest BCUT2D eigenvalue weighted by atomic mass is 9.94. The normalized spacial score (nSPS) is 14.9. The molecule has 1 aromatic rings. The van der Waals surface area contributed by atoms with E-state index in [0.29, 0.717) is 0 Å². The van der Waals surface area contributed by atoms with E-state index in [1.54, 1.807) is 0 Å². The van der Waals surface area contributed by atoms with E-state index in [0.717, 1.165) is 51.3 Å². The Labute approximate surface area is 116 Å². The number of nitrogens with one attached hydrogen (secondary N) is 1. The summed E-state index contributed by atoms with van der Waals surface area (Å²) in [5.74, 6) is 1.08. The van der Waals surface area contributed by atoms with Gasteiger partial charge >= 0.3 is 0 Å². The summed E-state index contributed by atoms with van der Waals surface area (Å²) in [6.45, 7) is 7.94. The van der Waals surface area contributed by atoms with Crippen LogP contribution in [0, 0.1) is 5.41 Å². The summed E-state index contributed by atoms with van der Waals surface area (Å²) in [7, 11) is 0. The van der Waals surface area contributed by atoms with Crippen molar-refractivity contribution in [3.63, 3.8) is 0 Å². The SMILES string of the molecule is CC(C)(CN)CNCCc1ccc2c(c1)CCCO2. The van der Waals surface area contributed by atoms with E-state index < -0.39 is 0 Å². The minimum absolute atomic E-state index is 0.184. The van der Waals surface area contributed by atoms with Crippen LogP contribution >= 0.6 is 0 Å². The van der Waals surface area contributed by atoms with E-state index in [9.17, 15) is 0 Å².